The summed E-state index contributed by atoms with van der Waals surface area (Å²) in [6.07, 6.45) is -0.189. The summed E-state index contributed by atoms with van der Waals surface area (Å²) in [4.78, 5) is 0. The van der Waals surface area contributed by atoms with Gasteiger partial charge in [-0.05, 0) is 17.7 Å². The van der Waals surface area contributed by atoms with Crippen LogP contribution >= 0.6 is 11.6 Å². The van der Waals surface area contributed by atoms with E-state index in [1.807, 2.05) is 0 Å². The molecule has 0 aliphatic carbocycles. The van der Waals surface area contributed by atoms with Gasteiger partial charge in [0.1, 0.15) is 5.82 Å². The van der Waals surface area contributed by atoms with E-state index in [-0.39, 0.29) is 5.02 Å². The molecule has 4 heteroatoms. The van der Waals surface area contributed by atoms with E-state index in [2.05, 4.69) is 0 Å². The molecule has 1 N–H and O–H groups in total. The molecule has 0 spiro atoms. The van der Waals surface area contributed by atoms with Crippen LogP contribution in [-0.4, -0.2) is 18.8 Å². The highest BCUT2D eigenvalue weighted by molar-refractivity contribution is 6.30. The number of halogens is 2. The zero-order chi connectivity index (χ0) is 10.6. The van der Waals surface area contributed by atoms with Crippen LogP contribution in [0.3, 0.4) is 0 Å². The van der Waals surface area contributed by atoms with Crippen molar-refractivity contribution >= 4 is 11.6 Å². The van der Waals surface area contributed by atoms with Crippen molar-refractivity contribution in [1.29, 1.82) is 0 Å². The van der Waals surface area contributed by atoms with Crippen LogP contribution in [0.15, 0.2) is 18.2 Å². The highest BCUT2D eigenvalue weighted by atomic mass is 35.5. The molecule has 1 unspecified atom stereocenters. The van der Waals surface area contributed by atoms with E-state index < -0.39 is 11.9 Å². The van der Waals surface area contributed by atoms with Crippen LogP contribution in [0.1, 0.15) is 18.1 Å². The van der Waals surface area contributed by atoms with E-state index in [1.165, 1.54) is 18.2 Å². The minimum Gasteiger partial charge on any atom is -0.388 e. The Bertz CT molecular complexity index is 304. The Balaban J connectivity index is 2.70. The Hall–Kier alpha value is -0.640. The first kappa shape index (κ1) is 11.4. The highest BCUT2D eigenvalue weighted by Crippen LogP contribution is 2.22. The molecule has 1 aromatic carbocycles. The van der Waals surface area contributed by atoms with Crippen molar-refractivity contribution in [3.8, 4) is 0 Å². The third-order valence-electron chi connectivity index (χ3n) is 1.92. The first-order chi connectivity index (χ1) is 6.65. The second-order valence-corrected chi connectivity index (χ2v) is 3.38. The second kappa shape index (κ2) is 5.29. The van der Waals surface area contributed by atoms with Gasteiger partial charge in [-0.15, -0.1) is 0 Å². The number of hydrogen-bond acceptors (Lipinski definition) is 2. The minimum absolute atomic E-state index is 0.0268. The van der Waals surface area contributed by atoms with Crippen LogP contribution in [0.4, 0.5) is 4.39 Å². The van der Waals surface area contributed by atoms with Gasteiger partial charge >= 0.3 is 0 Å². The Labute approximate surface area is 87.3 Å². The van der Waals surface area contributed by atoms with Gasteiger partial charge in [0, 0.05) is 20.1 Å². The molecule has 0 aliphatic heterocycles. The fraction of sp³-hybridized carbons (Fsp3) is 0.400. The van der Waals surface area contributed by atoms with E-state index >= 15 is 0 Å². The second-order valence-electron chi connectivity index (χ2n) is 2.97. The summed E-state index contributed by atoms with van der Waals surface area (Å²) in [5.74, 6) is -0.477. The Morgan fingerprint density at radius 3 is 2.86 bits per heavy atom. The van der Waals surface area contributed by atoms with Crippen molar-refractivity contribution < 1.29 is 14.2 Å². The summed E-state index contributed by atoms with van der Waals surface area (Å²) < 4.78 is 17.6. The van der Waals surface area contributed by atoms with Crippen molar-refractivity contribution in [2.24, 2.45) is 0 Å². The fourth-order valence-electron chi connectivity index (χ4n) is 1.12. The smallest absolute Gasteiger partial charge is 0.141 e. The number of aliphatic hydroxyl groups excluding tert-OH is 1. The van der Waals surface area contributed by atoms with Gasteiger partial charge in [0.05, 0.1) is 11.1 Å². The number of ether oxygens (including phenoxy) is 1. The topological polar surface area (TPSA) is 29.5 Å². The number of methoxy groups -OCH3 is 1. The van der Waals surface area contributed by atoms with Gasteiger partial charge in [0.25, 0.3) is 0 Å². The normalized spacial score (nSPS) is 12.9. The van der Waals surface area contributed by atoms with E-state index in [4.69, 9.17) is 16.3 Å². The molecule has 0 amide bonds. The van der Waals surface area contributed by atoms with Gasteiger partial charge in [0.2, 0.25) is 0 Å². The molecule has 0 bridgehead atoms. The molecule has 1 aromatic rings. The number of rotatable bonds is 4. The SMILES string of the molecule is COCCC(O)c1ccc(F)c(Cl)c1. The zero-order valence-electron chi connectivity index (χ0n) is 7.84. The molecule has 0 saturated carbocycles. The average molecular weight is 219 g/mol. The van der Waals surface area contributed by atoms with Gasteiger partial charge in [-0.2, -0.15) is 0 Å². The van der Waals surface area contributed by atoms with E-state index in [0.717, 1.165) is 0 Å². The summed E-state index contributed by atoms with van der Waals surface area (Å²) in [5.41, 5.74) is 0.605. The summed E-state index contributed by atoms with van der Waals surface area (Å²) in [7, 11) is 1.56. The van der Waals surface area contributed by atoms with Crippen LogP contribution in [0.2, 0.25) is 5.02 Å². The first-order valence-electron chi connectivity index (χ1n) is 4.27. The van der Waals surface area contributed by atoms with Crippen molar-refractivity contribution in [2.75, 3.05) is 13.7 Å². The number of hydrogen-bond donors (Lipinski definition) is 1. The van der Waals surface area contributed by atoms with Crippen molar-refractivity contribution in [2.45, 2.75) is 12.5 Å². The molecule has 0 aliphatic rings. The third kappa shape index (κ3) is 2.94. The quantitative estimate of drug-likeness (QED) is 0.842. The Morgan fingerprint density at radius 2 is 2.29 bits per heavy atom. The summed E-state index contributed by atoms with van der Waals surface area (Å²) in [6.45, 7) is 0.455. The lowest BCUT2D eigenvalue weighted by Crippen LogP contribution is -2.01. The molecule has 0 radical (unpaired) electrons. The molecule has 78 valence electrons. The molecule has 1 rings (SSSR count). The number of benzene rings is 1. The van der Waals surface area contributed by atoms with Crippen LogP contribution in [-0.2, 0) is 4.74 Å². The number of aliphatic hydroxyl groups is 1. The van der Waals surface area contributed by atoms with Gasteiger partial charge in [-0.1, -0.05) is 17.7 Å². The van der Waals surface area contributed by atoms with E-state index in [1.54, 1.807) is 7.11 Å². The zero-order valence-corrected chi connectivity index (χ0v) is 8.59. The van der Waals surface area contributed by atoms with Crippen LogP contribution in [0.25, 0.3) is 0 Å². The highest BCUT2D eigenvalue weighted by Gasteiger charge is 2.09. The van der Waals surface area contributed by atoms with Gasteiger partial charge < -0.3 is 9.84 Å². The molecule has 0 aromatic heterocycles. The van der Waals surface area contributed by atoms with E-state index in [9.17, 15) is 9.50 Å². The predicted octanol–water partition coefficient (Wildman–Crippen LogP) is 2.55. The molecule has 0 fully saturated rings. The molecule has 0 heterocycles. The first-order valence-corrected chi connectivity index (χ1v) is 4.65. The maximum Gasteiger partial charge on any atom is 0.141 e. The maximum atomic E-state index is 12.8. The lowest BCUT2D eigenvalue weighted by Gasteiger charge is -2.10. The van der Waals surface area contributed by atoms with Gasteiger partial charge in [0.15, 0.2) is 0 Å². The van der Waals surface area contributed by atoms with Crippen molar-refractivity contribution in [1.82, 2.24) is 0 Å². The van der Waals surface area contributed by atoms with E-state index in [0.29, 0.717) is 18.6 Å². The molecule has 2 nitrogen and oxygen atoms in total. The molecule has 14 heavy (non-hydrogen) atoms. The van der Waals surface area contributed by atoms with Gasteiger partial charge in [-0.25, -0.2) is 4.39 Å². The Morgan fingerprint density at radius 1 is 1.57 bits per heavy atom. The van der Waals surface area contributed by atoms with Gasteiger partial charge in [-0.3, -0.25) is 0 Å². The van der Waals surface area contributed by atoms with Crippen LogP contribution < -0.4 is 0 Å². The van der Waals surface area contributed by atoms with Crippen LogP contribution in [0.5, 0.6) is 0 Å². The molecule has 0 saturated heterocycles. The standard InChI is InChI=1S/C10H12ClFO2/c1-14-5-4-10(13)7-2-3-9(12)8(11)6-7/h2-3,6,10,13H,4-5H2,1H3. The van der Waals surface area contributed by atoms with Crippen molar-refractivity contribution in [3.05, 3.63) is 34.6 Å². The molecule has 1 atom stereocenters. The molecular weight excluding hydrogens is 207 g/mol. The fourth-order valence-corrected chi connectivity index (χ4v) is 1.30. The lowest BCUT2D eigenvalue weighted by atomic mass is 10.1. The third-order valence-corrected chi connectivity index (χ3v) is 2.21. The lowest BCUT2D eigenvalue weighted by molar-refractivity contribution is 0.110. The monoisotopic (exact) mass is 218 g/mol. The predicted molar refractivity (Wildman–Crippen MR) is 52.9 cm³/mol. The summed E-state index contributed by atoms with van der Waals surface area (Å²) in [5, 5.41) is 9.63. The summed E-state index contributed by atoms with van der Waals surface area (Å²) in [6, 6.07) is 4.19. The van der Waals surface area contributed by atoms with Crippen molar-refractivity contribution in [3.63, 3.8) is 0 Å². The Kier molecular flexibility index (Phi) is 4.32. The minimum atomic E-state index is -0.659. The largest absolute Gasteiger partial charge is 0.388 e. The molecular formula is C10H12ClFO2. The van der Waals surface area contributed by atoms with Crippen LogP contribution in [0, 0.1) is 5.82 Å². The summed E-state index contributed by atoms with van der Waals surface area (Å²) >= 11 is 5.57. The maximum absolute atomic E-state index is 12.8. The average Bonchev–Trinajstić information content (AvgIpc) is 2.18.